The molecule has 96 valence electrons. The molecule has 2 rings (SSSR count). The first-order chi connectivity index (χ1) is 8.49. The first kappa shape index (κ1) is 12.8. The van der Waals surface area contributed by atoms with Crippen molar-refractivity contribution in [2.75, 3.05) is 0 Å². The van der Waals surface area contributed by atoms with Gasteiger partial charge < -0.3 is 4.57 Å². The summed E-state index contributed by atoms with van der Waals surface area (Å²) in [5, 5.41) is 7.71. The number of nitrogens with zero attached hydrogens (tertiary/aromatic N) is 3. The van der Waals surface area contributed by atoms with Crippen molar-refractivity contribution >= 4 is 10.8 Å². The fourth-order valence-corrected chi connectivity index (χ4v) is 2.50. The highest BCUT2D eigenvalue weighted by molar-refractivity contribution is 7.84. The van der Waals surface area contributed by atoms with Gasteiger partial charge in [-0.05, 0) is 25.1 Å². The summed E-state index contributed by atoms with van der Waals surface area (Å²) in [5.41, 5.74) is 0. The zero-order chi connectivity index (χ0) is 13.3. The van der Waals surface area contributed by atoms with Crippen molar-refractivity contribution in [1.29, 1.82) is 0 Å². The number of aryl methyl sites for hydroxylation is 1. The van der Waals surface area contributed by atoms with Gasteiger partial charge >= 0.3 is 0 Å². The Morgan fingerprint density at radius 1 is 1.28 bits per heavy atom. The molecule has 0 aliphatic rings. The highest BCUT2D eigenvalue weighted by Gasteiger charge is 2.13. The van der Waals surface area contributed by atoms with E-state index in [1.807, 2.05) is 0 Å². The Morgan fingerprint density at radius 2 is 2.00 bits per heavy atom. The van der Waals surface area contributed by atoms with Crippen LogP contribution < -0.4 is 0 Å². The van der Waals surface area contributed by atoms with E-state index in [9.17, 15) is 13.0 Å². The Kier molecular flexibility index (Phi) is 3.51. The van der Waals surface area contributed by atoms with Gasteiger partial charge in [-0.1, -0.05) is 0 Å². The molecule has 7 heteroatoms. The molecule has 1 aromatic heterocycles. The molecule has 0 aliphatic heterocycles. The molecular formula is C11H11F2N3OS. The number of benzene rings is 1. The topological polar surface area (TPSA) is 47.8 Å². The second kappa shape index (κ2) is 4.93. The van der Waals surface area contributed by atoms with E-state index in [0.29, 0.717) is 11.6 Å². The molecule has 0 bridgehead atoms. The second-order valence-corrected chi connectivity index (χ2v) is 5.24. The minimum absolute atomic E-state index is 0.114. The Bertz CT molecular complexity index is 612. The normalized spacial score (nSPS) is 12.7. The maximum absolute atomic E-state index is 13.0. The molecule has 18 heavy (non-hydrogen) atoms. The molecule has 1 atom stereocenters. The van der Waals surface area contributed by atoms with Gasteiger partial charge in [-0.15, -0.1) is 10.2 Å². The molecule has 0 radical (unpaired) electrons. The maximum Gasteiger partial charge on any atom is 0.160 e. The van der Waals surface area contributed by atoms with Crippen molar-refractivity contribution in [3.63, 3.8) is 0 Å². The lowest BCUT2D eigenvalue weighted by Gasteiger charge is -2.03. The summed E-state index contributed by atoms with van der Waals surface area (Å²) < 4.78 is 39.5. The van der Waals surface area contributed by atoms with Crippen molar-refractivity contribution < 1.29 is 13.0 Å². The Balaban J connectivity index is 2.22. The standard InChI is InChI=1S/C11H11F2N3OS/c1-7-14-15-11(16(7)2)6-18(17)8-3-4-9(12)10(13)5-8/h3-5H,6H2,1-2H3/t18-/m1/s1. The smallest absolute Gasteiger partial charge is 0.160 e. The van der Waals surface area contributed by atoms with Gasteiger partial charge in [0.25, 0.3) is 0 Å². The van der Waals surface area contributed by atoms with Crippen LogP contribution in [0.1, 0.15) is 11.6 Å². The molecule has 0 N–H and O–H groups in total. The third kappa shape index (κ3) is 2.45. The highest BCUT2D eigenvalue weighted by Crippen LogP contribution is 2.15. The Morgan fingerprint density at radius 3 is 2.56 bits per heavy atom. The van der Waals surface area contributed by atoms with Crippen molar-refractivity contribution in [2.45, 2.75) is 17.6 Å². The van der Waals surface area contributed by atoms with E-state index in [0.717, 1.165) is 12.1 Å². The molecule has 0 aliphatic carbocycles. The molecule has 4 nitrogen and oxygen atoms in total. The number of hydrogen-bond acceptors (Lipinski definition) is 3. The second-order valence-electron chi connectivity index (χ2n) is 3.79. The van der Waals surface area contributed by atoms with Crippen molar-refractivity contribution in [3.8, 4) is 0 Å². The largest absolute Gasteiger partial charge is 0.318 e. The SMILES string of the molecule is Cc1nnc(C[S@@](=O)c2ccc(F)c(F)c2)n1C. The molecule has 2 aromatic rings. The van der Waals surface area contributed by atoms with E-state index in [1.165, 1.54) is 6.07 Å². The molecule has 0 saturated heterocycles. The fraction of sp³-hybridized carbons (Fsp3) is 0.273. The lowest BCUT2D eigenvalue weighted by atomic mass is 10.3. The fourth-order valence-electron chi connectivity index (χ4n) is 1.40. The minimum Gasteiger partial charge on any atom is -0.318 e. The molecule has 0 saturated carbocycles. The van der Waals surface area contributed by atoms with Gasteiger partial charge in [0.05, 0.1) is 16.6 Å². The summed E-state index contributed by atoms with van der Waals surface area (Å²) in [6.07, 6.45) is 0. The van der Waals surface area contributed by atoms with Crippen LogP contribution in [0.5, 0.6) is 0 Å². The lowest BCUT2D eigenvalue weighted by Crippen LogP contribution is -2.05. The molecular weight excluding hydrogens is 260 g/mol. The zero-order valence-corrected chi connectivity index (χ0v) is 10.7. The number of aromatic nitrogens is 3. The molecule has 0 spiro atoms. The molecule has 1 aromatic carbocycles. The number of rotatable bonds is 3. The quantitative estimate of drug-likeness (QED) is 0.854. The van der Waals surface area contributed by atoms with E-state index in [-0.39, 0.29) is 10.6 Å². The maximum atomic E-state index is 13.0. The summed E-state index contributed by atoms with van der Waals surface area (Å²) in [7, 11) is 0.277. The van der Waals surface area contributed by atoms with Gasteiger partial charge in [-0.3, -0.25) is 4.21 Å². The molecule has 0 amide bonds. The van der Waals surface area contributed by atoms with Crippen molar-refractivity contribution in [2.24, 2.45) is 7.05 Å². The van der Waals surface area contributed by atoms with E-state index in [2.05, 4.69) is 10.2 Å². The van der Waals surface area contributed by atoms with Crippen LogP contribution in [0.15, 0.2) is 23.1 Å². The molecule has 0 unspecified atom stereocenters. The van der Waals surface area contributed by atoms with E-state index >= 15 is 0 Å². The monoisotopic (exact) mass is 271 g/mol. The van der Waals surface area contributed by atoms with E-state index < -0.39 is 22.4 Å². The van der Waals surface area contributed by atoms with Gasteiger partial charge in [0.15, 0.2) is 11.6 Å². The van der Waals surface area contributed by atoms with Gasteiger partial charge in [0.2, 0.25) is 0 Å². The first-order valence-electron chi connectivity index (χ1n) is 5.17. The highest BCUT2D eigenvalue weighted by atomic mass is 32.2. The van der Waals surface area contributed by atoms with Gasteiger partial charge in [-0.2, -0.15) is 0 Å². The van der Waals surface area contributed by atoms with Crippen LogP contribution in [0, 0.1) is 18.6 Å². The Hall–Kier alpha value is -1.63. The van der Waals surface area contributed by atoms with Crippen LogP contribution in [-0.4, -0.2) is 19.0 Å². The minimum atomic E-state index is -1.48. The van der Waals surface area contributed by atoms with Crippen LogP contribution >= 0.6 is 0 Å². The van der Waals surface area contributed by atoms with Crippen molar-refractivity contribution in [1.82, 2.24) is 14.8 Å². The van der Waals surface area contributed by atoms with Crippen molar-refractivity contribution in [3.05, 3.63) is 41.5 Å². The third-order valence-electron chi connectivity index (χ3n) is 2.60. The van der Waals surface area contributed by atoms with Crippen LogP contribution in [0.2, 0.25) is 0 Å². The van der Waals surface area contributed by atoms with E-state index in [4.69, 9.17) is 0 Å². The first-order valence-corrected chi connectivity index (χ1v) is 6.49. The summed E-state index contributed by atoms with van der Waals surface area (Å²) in [6, 6.07) is 3.21. The summed E-state index contributed by atoms with van der Waals surface area (Å²) >= 11 is 0. The number of hydrogen-bond donors (Lipinski definition) is 0. The summed E-state index contributed by atoms with van der Waals surface area (Å²) in [5.74, 6) is -0.606. The van der Waals surface area contributed by atoms with Crippen LogP contribution in [0.25, 0.3) is 0 Å². The predicted octanol–water partition coefficient (Wildman–Crippen LogP) is 1.71. The summed E-state index contributed by atoms with van der Waals surface area (Å²) in [6.45, 7) is 1.77. The Labute approximate surface area is 105 Å². The zero-order valence-electron chi connectivity index (χ0n) is 9.85. The van der Waals surface area contributed by atoms with Crippen LogP contribution in [0.4, 0.5) is 8.78 Å². The molecule has 1 heterocycles. The average molecular weight is 271 g/mol. The third-order valence-corrected chi connectivity index (χ3v) is 3.90. The van der Waals surface area contributed by atoms with Gasteiger partial charge in [0, 0.05) is 11.9 Å². The average Bonchev–Trinajstić information content (AvgIpc) is 2.64. The number of halogens is 2. The van der Waals surface area contributed by atoms with E-state index in [1.54, 1.807) is 18.5 Å². The van der Waals surface area contributed by atoms with Crippen LogP contribution in [-0.2, 0) is 23.6 Å². The molecule has 0 fully saturated rings. The van der Waals surface area contributed by atoms with Gasteiger partial charge in [-0.25, -0.2) is 8.78 Å². The summed E-state index contributed by atoms with van der Waals surface area (Å²) in [4.78, 5) is 0.231. The predicted molar refractivity (Wildman–Crippen MR) is 62.2 cm³/mol. The lowest BCUT2D eigenvalue weighted by molar-refractivity contribution is 0.505. The van der Waals surface area contributed by atoms with Gasteiger partial charge in [0.1, 0.15) is 11.6 Å². The van der Waals surface area contributed by atoms with Crippen LogP contribution in [0.3, 0.4) is 0 Å².